The zero-order valence-electron chi connectivity index (χ0n) is 16.0. The number of hydrogen-bond acceptors (Lipinski definition) is 4. The van der Waals surface area contributed by atoms with Crippen molar-refractivity contribution in [3.05, 3.63) is 95.5 Å². The molecular weight excluding hydrogens is 366 g/mol. The van der Waals surface area contributed by atoms with E-state index in [9.17, 15) is 14.7 Å². The monoisotopic (exact) mass is 387 g/mol. The highest BCUT2D eigenvalue weighted by atomic mass is 16.3. The second kappa shape index (κ2) is 7.53. The molecule has 1 N–H and O–H groups in total. The van der Waals surface area contributed by atoms with Crippen LogP contribution in [0.25, 0.3) is 6.08 Å². The summed E-state index contributed by atoms with van der Waals surface area (Å²) in [4.78, 5) is 27.2. The Hall–Kier alpha value is -3.44. The lowest BCUT2D eigenvalue weighted by atomic mass is 9.90. The van der Waals surface area contributed by atoms with Gasteiger partial charge in [0.2, 0.25) is 0 Å². The predicted octanol–water partition coefficient (Wildman–Crippen LogP) is 4.00. The number of allylic oxidation sites excluding steroid dienone is 1. The SMILES string of the molecule is Cc1ccc(CN2C(=O)C(O)(CC(=O)C=Cc3ccco3)c3ccccc32)cc1. The maximum absolute atomic E-state index is 13.2. The van der Waals surface area contributed by atoms with Crippen molar-refractivity contribution in [3.8, 4) is 0 Å². The van der Waals surface area contributed by atoms with Gasteiger partial charge >= 0.3 is 0 Å². The lowest BCUT2D eigenvalue weighted by Crippen LogP contribution is -2.41. The molecule has 29 heavy (non-hydrogen) atoms. The molecule has 0 spiro atoms. The summed E-state index contributed by atoms with van der Waals surface area (Å²) in [7, 11) is 0. The van der Waals surface area contributed by atoms with E-state index >= 15 is 0 Å². The van der Waals surface area contributed by atoms with Gasteiger partial charge in [-0.05, 0) is 42.8 Å². The van der Waals surface area contributed by atoms with Crippen LogP contribution in [0.5, 0.6) is 0 Å². The van der Waals surface area contributed by atoms with E-state index in [4.69, 9.17) is 4.42 Å². The van der Waals surface area contributed by atoms with Gasteiger partial charge in [0.25, 0.3) is 5.91 Å². The van der Waals surface area contributed by atoms with E-state index in [0.29, 0.717) is 23.6 Å². The number of furan rings is 1. The van der Waals surface area contributed by atoms with Gasteiger partial charge in [0.05, 0.1) is 24.9 Å². The van der Waals surface area contributed by atoms with Crippen LogP contribution in [-0.2, 0) is 21.7 Å². The van der Waals surface area contributed by atoms with Crippen molar-refractivity contribution >= 4 is 23.5 Å². The third kappa shape index (κ3) is 3.65. The molecule has 5 heteroatoms. The first kappa shape index (κ1) is 18.9. The Balaban J connectivity index is 1.60. The third-order valence-electron chi connectivity index (χ3n) is 5.11. The fraction of sp³-hybridized carbons (Fsp3) is 0.167. The maximum atomic E-state index is 13.2. The Bertz CT molecular complexity index is 1070. The van der Waals surface area contributed by atoms with Gasteiger partial charge in [-0.1, -0.05) is 48.0 Å². The normalized spacial score (nSPS) is 18.4. The molecule has 1 unspecified atom stereocenters. The summed E-state index contributed by atoms with van der Waals surface area (Å²) in [6.07, 6.45) is 4.04. The van der Waals surface area contributed by atoms with Gasteiger partial charge < -0.3 is 14.4 Å². The summed E-state index contributed by atoms with van der Waals surface area (Å²) in [6, 6.07) is 18.4. The average molecular weight is 387 g/mol. The molecule has 0 bridgehead atoms. The zero-order chi connectivity index (χ0) is 20.4. The van der Waals surface area contributed by atoms with Crippen LogP contribution in [0, 0.1) is 6.92 Å². The van der Waals surface area contributed by atoms with Crippen LogP contribution >= 0.6 is 0 Å². The average Bonchev–Trinajstić information content (AvgIpc) is 3.31. The van der Waals surface area contributed by atoms with Crippen molar-refractivity contribution in [3.63, 3.8) is 0 Å². The first-order valence-electron chi connectivity index (χ1n) is 9.41. The Morgan fingerprint density at radius 3 is 2.59 bits per heavy atom. The van der Waals surface area contributed by atoms with Crippen LogP contribution in [-0.4, -0.2) is 16.8 Å². The lowest BCUT2D eigenvalue weighted by Gasteiger charge is -2.22. The Kier molecular flexibility index (Phi) is 4.91. The summed E-state index contributed by atoms with van der Waals surface area (Å²) in [6.45, 7) is 2.33. The number of fused-ring (bicyclic) bond motifs is 1. The molecule has 1 aromatic heterocycles. The van der Waals surface area contributed by atoms with Crippen molar-refractivity contribution in [1.82, 2.24) is 0 Å². The molecule has 0 saturated carbocycles. The number of ketones is 1. The van der Waals surface area contributed by atoms with E-state index in [1.54, 1.807) is 35.2 Å². The molecule has 1 aliphatic heterocycles. The molecular formula is C24H21NO4. The first-order chi connectivity index (χ1) is 14.0. The van der Waals surface area contributed by atoms with E-state index in [1.165, 1.54) is 18.4 Å². The minimum absolute atomic E-state index is 0.328. The molecule has 0 radical (unpaired) electrons. The van der Waals surface area contributed by atoms with Gasteiger partial charge in [-0.3, -0.25) is 9.59 Å². The lowest BCUT2D eigenvalue weighted by molar-refractivity contribution is -0.140. The number of amides is 1. The zero-order valence-corrected chi connectivity index (χ0v) is 16.0. The van der Waals surface area contributed by atoms with Crippen molar-refractivity contribution in [2.75, 3.05) is 4.90 Å². The highest BCUT2D eigenvalue weighted by molar-refractivity contribution is 6.10. The van der Waals surface area contributed by atoms with Crippen LogP contribution in [0.1, 0.15) is 28.9 Å². The molecule has 2 aromatic carbocycles. The number of aryl methyl sites for hydroxylation is 1. The van der Waals surface area contributed by atoms with Crippen LogP contribution in [0.15, 0.2) is 77.4 Å². The van der Waals surface area contributed by atoms with Gasteiger partial charge in [-0.2, -0.15) is 0 Å². The molecule has 2 heterocycles. The molecule has 1 aliphatic rings. The summed E-state index contributed by atoms with van der Waals surface area (Å²) in [5, 5.41) is 11.3. The van der Waals surface area contributed by atoms with Crippen LogP contribution in [0.3, 0.4) is 0 Å². The van der Waals surface area contributed by atoms with E-state index in [1.807, 2.05) is 37.3 Å². The molecule has 1 amide bonds. The van der Waals surface area contributed by atoms with Crippen LogP contribution in [0.4, 0.5) is 5.69 Å². The fourth-order valence-corrected chi connectivity index (χ4v) is 3.58. The van der Waals surface area contributed by atoms with Gasteiger partial charge in [0.15, 0.2) is 11.4 Å². The highest BCUT2D eigenvalue weighted by Crippen LogP contribution is 2.43. The minimum Gasteiger partial charge on any atom is -0.465 e. The quantitative estimate of drug-likeness (QED) is 0.649. The first-order valence-corrected chi connectivity index (χ1v) is 9.41. The predicted molar refractivity (Wildman–Crippen MR) is 110 cm³/mol. The maximum Gasteiger partial charge on any atom is 0.264 e. The summed E-state index contributed by atoms with van der Waals surface area (Å²) >= 11 is 0. The minimum atomic E-state index is -1.88. The molecule has 0 aliphatic carbocycles. The van der Waals surface area contributed by atoms with Crippen molar-refractivity contribution < 1.29 is 19.1 Å². The number of para-hydroxylation sites is 1. The molecule has 0 fully saturated rings. The number of carbonyl (C=O) groups is 2. The number of hydrogen-bond donors (Lipinski definition) is 1. The number of aliphatic hydroxyl groups is 1. The van der Waals surface area contributed by atoms with Gasteiger partial charge in [0.1, 0.15) is 5.76 Å². The topological polar surface area (TPSA) is 70.8 Å². The van der Waals surface area contributed by atoms with Gasteiger partial charge in [-0.15, -0.1) is 0 Å². The van der Waals surface area contributed by atoms with E-state index in [0.717, 1.165) is 11.1 Å². The number of anilines is 1. The Morgan fingerprint density at radius 2 is 1.86 bits per heavy atom. The summed E-state index contributed by atoms with van der Waals surface area (Å²) < 4.78 is 5.17. The molecule has 0 saturated heterocycles. The standard InChI is InChI=1S/C24H21NO4/c1-17-8-10-18(11-9-17)16-25-22-7-3-2-6-21(22)24(28,23(25)27)15-19(26)12-13-20-5-4-14-29-20/h2-14,28H,15-16H2,1H3. The second-order valence-electron chi connectivity index (χ2n) is 7.25. The Morgan fingerprint density at radius 1 is 1.10 bits per heavy atom. The summed E-state index contributed by atoms with van der Waals surface area (Å²) in [5.41, 5.74) is 1.28. The van der Waals surface area contributed by atoms with E-state index in [-0.39, 0.29) is 12.2 Å². The molecule has 3 aromatic rings. The molecule has 146 valence electrons. The molecule has 1 atom stereocenters. The highest BCUT2D eigenvalue weighted by Gasteiger charge is 2.50. The van der Waals surface area contributed by atoms with Gasteiger partial charge in [-0.25, -0.2) is 0 Å². The number of carbonyl (C=O) groups excluding carboxylic acids is 2. The Labute approximate surface area is 168 Å². The summed E-state index contributed by atoms with van der Waals surface area (Å²) in [5.74, 6) is -0.312. The fourth-order valence-electron chi connectivity index (χ4n) is 3.58. The van der Waals surface area contributed by atoms with Crippen molar-refractivity contribution in [2.24, 2.45) is 0 Å². The third-order valence-corrected chi connectivity index (χ3v) is 5.11. The largest absolute Gasteiger partial charge is 0.465 e. The number of nitrogens with zero attached hydrogens (tertiary/aromatic N) is 1. The second-order valence-corrected chi connectivity index (χ2v) is 7.25. The molecule has 5 nitrogen and oxygen atoms in total. The van der Waals surface area contributed by atoms with Crippen LogP contribution in [0.2, 0.25) is 0 Å². The number of rotatable bonds is 6. The molecule has 4 rings (SSSR count). The smallest absolute Gasteiger partial charge is 0.264 e. The van der Waals surface area contributed by atoms with E-state index in [2.05, 4.69) is 0 Å². The van der Waals surface area contributed by atoms with E-state index < -0.39 is 11.5 Å². The number of benzene rings is 2. The van der Waals surface area contributed by atoms with Crippen molar-refractivity contribution in [1.29, 1.82) is 0 Å². The van der Waals surface area contributed by atoms with Crippen molar-refractivity contribution in [2.45, 2.75) is 25.5 Å². The van der Waals surface area contributed by atoms with Gasteiger partial charge in [0, 0.05) is 5.56 Å². The van der Waals surface area contributed by atoms with Crippen LogP contribution < -0.4 is 4.90 Å².